The zero-order valence-electron chi connectivity index (χ0n) is 46.4. The molecule has 9 N–H and O–H groups in total. The minimum absolute atomic E-state index is 0.243. The van der Waals surface area contributed by atoms with E-state index in [9.17, 15) is 45.6 Å². The number of hydrogen-bond donors (Lipinski definition) is 9. The SMILES string of the molecule is CCCC/C=C/C(O)C(COC1OC(CO)C(OC2OC(CO)C(O)C(O)C2O)C(O)C1O)NC(=O)CCCCCCCCCCCCCCCCCCCCCCCCCCCCCCCCCCCCC. The number of carbonyl (C=O) groups excluding carboxylic acids is 1. The maximum absolute atomic E-state index is 13.1. The number of nitrogens with one attached hydrogen (secondary N) is 1. The fraction of sp³-hybridized carbons (Fsp3) is 0.949. The third-order valence-corrected chi connectivity index (χ3v) is 15.2. The van der Waals surface area contributed by atoms with Gasteiger partial charge in [0.15, 0.2) is 12.6 Å². The largest absolute Gasteiger partial charge is 0.394 e. The normalized spacial score (nSPS) is 25.4. The van der Waals surface area contributed by atoms with E-state index in [-0.39, 0.29) is 18.9 Å². The van der Waals surface area contributed by atoms with Gasteiger partial charge >= 0.3 is 0 Å². The highest BCUT2D eigenvalue weighted by molar-refractivity contribution is 5.76. The van der Waals surface area contributed by atoms with E-state index in [0.29, 0.717) is 6.42 Å². The van der Waals surface area contributed by atoms with Gasteiger partial charge in [-0.2, -0.15) is 0 Å². The predicted octanol–water partition coefficient (Wildman–Crippen LogP) is 10.3. The van der Waals surface area contributed by atoms with Crippen molar-refractivity contribution in [3.63, 3.8) is 0 Å². The van der Waals surface area contributed by atoms with Crippen LogP contribution >= 0.6 is 0 Å². The van der Waals surface area contributed by atoms with Gasteiger partial charge in [-0.05, 0) is 12.8 Å². The summed E-state index contributed by atoms with van der Waals surface area (Å²) >= 11 is 0. The van der Waals surface area contributed by atoms with Gasteiger partial charge in [-0.1, -0.05) is 257 Å². The molecule has 0 radical (unpaired) electrons. The van der Waals surface area contributed by atoms with Crippen LogP contribution in [0.3, 0.4) is 0 Å². The van der Waals surface area contributed by atoms with Crippen LogP contribution in [0.25, 0.3) is 0 Å². The second-order valence-corrected chi connectivity index (χ2v) is 21.8. The number of carbonyl (C=O) groups is 1. The van der Waals surface area contributed by atoms with Crippen molar-refractivity contribution in [3.8, 4) is 0 Å². The predicted molar refractivity (Wildman–Crippen MR) is 291 cm³/mol. The van der Waals surface area contributed by atoms with Crippen molar-refractivity contribution in [3.05, 3.63) is 12.2 Å². The number of unbranched alkanes of at least 4 members (excludes halogenated alkanes) is 36. The topological polar surface area (TPSA) is 228 Å². The van der Waals surface area contributed by atoms with E-state index in [4.69, 9.17) is 18.9 Å². The van der Waals surface area contributed by atoms with Crippen LogP contribution in [0.4, 0.5) is 0 Å². The molecule has 0 aromatic carbocycles. The van der Waals surface area contributed by atoms with Gasteiger partial charge in [0.25, 0.3) is 0 Å². The van der Waals surface area contributed by atoms with Gasteiger partial charge in [0.1, 0.15) is 48.8 Å². The molecule has 2 rings (SSSR count). The van der Waals surface area contributed by atoms with E-state index in [0.717, 1.165) is 38.5 Å². The van der Waals surface area contributed by atoms with Crippen LogP contribution in [-0.4, -0.2) is 140 Å². The number of allylic oxidation sites excluding steroid dienone is 1. The molecular formula is C59H113NO13. The lowest BCUT2D eigenvalue weighted by Crippen LogP contribution is -2.65. The highest BCUT2D eigenvalue weighted by Crippen LogP contribution is 2.30. The van der Waals surface area contributed by atoms with Crippen LogP contribution < -0.4 is 5.32 Å². The lowest BCUT2D eigenvalue weighted by molar-refractivity contribution is -0.359. The molecule has 12 atom stereocenters. The van der Waals surface area contributed by atoms with Crippen molar-refractivity contribution in [1.82, 2.24) is 5.32 Å². The molecule has 0 aromatic heterocycles. The molecule has 2 heterocycles. The quantitative estimate of drug-likeness (QED) is 0.0204. The highest BCUT2D eigenvalue weighted by Gasteiger charge is 2.51. The second-order valence-electron chi connectivity index (χ2n) is 21.8. The van der Waals surface area contributed by atoms with E-state index < -0.39 is 86.8 Å². The van der Waals surface area contributed by atoms with Crippen molar-refractivity contribution >= 4 is 5.91 Å². The molecule has 0 saturated carbocycles. The Labute approximate surface area is 444 Å². The molecular weight excluding hydrogens is 931 g/mol. The Kier molecular flexibility index (Phi) is 42.5. The summed E-state index contributed by atoms with van der Waals surface area (Å²) in [6, 6.07) is -0.906. The summed E-state index contributed by atoms with van der Waals surface area (Å²) in [5.41, 5.74) is 0. The van der Waals surface area contributed by atoms with E-state index in [1.54, 1.807) is 6.08 Å². The lowest BCUT2D eigenvalue weighted by atomic mass is 9.97. The lowest BCUT2D eigenvalue weighted by Gasteiger charge is -2.46. The molecule has 14 heteroatoms. The first-order valence-electron chi connectivity index (χ1n) is 30.4. The van der Waals surface area contributed by atoms with E-state index in [1.165, 1.54) is 199 Å². The fourth-order valence-corrected chi connectivity index (χ4v) is 10.3. The molecule has 2 aliphatic heterocycles. The van der Waals surface area contributed by atoms with Gasteiger partial charge in [0, 0.05) is 6.42 Å². The van der Waals surface area contributed by atoms with Gasteiger partial charge < -0.3 is 65.1 Å². The Balaban J connectivity index is 1.47. The summed E-state index contributed by atoms with van der Waals surface area (Å²) in [6.45, 7) is 2.65. The minimum atomic E-state index is -1.78. The van der Waals surface area contributed by atoms with Crippen LogP contribution in [0.5, 0.6) is 0 Å². The third kappa shape index (κ3) is 31.7. The number of ether oxygens (including phenoxy) is 4. The number of rotatable bonds is 49. The van der Waals surface area contributed by atoms with Crippen molar-refractivity contribution in [1.29, 1.82) is 0 Å². The Bertz CT molecular complexity index is 1280. The average molecular weight is 1040 g/mol. The summed E-state index contributed by atoms with van der Waals surface area (Å²) in [5.74, 6) is -0.243. The van der Waals surface area contributed by atoms with Gasteiger partial charge in [-0.25, -0.2) is 0 Å². The third-order valence-electron chi connectivity index (χ3n) is 15.2. The Morgan fingerprint density at radius 1 is 0.479 bits per heavy atom. The standard InChI is InChI=1S/C59H113NO13/c1-3-5-7-9-10-11-12-13-14-15-16-17-18-19-20-21-22-23-24-25-26-27-28-29-30-31-32-33-34-35-36-37-38-39-41-43-51(64)60-47(48(63)42-40-8-6-4-2)46-70-58-56(69)54(67)57(50(45-62)72-58)73-59-55(68)53(66)52(65)49(44-61)71-59/h40,42,47-50,52-59,61-63,65-69H,3-39,41,43-46H2,1-2H3,(H,60,64)/b42-40+. The van der Waals surface area contributed by atoms with Gasteiger partial charge in [0.2, 0.25) is 5.91 Å². The molecule has 1 amide bonds. The molecule has 2 fully saturated rings. The Morgan fingerprint density at radius 3 is 1.25 bits per heavy atom. The number of aliphatic hydroxyl groups excluding tert-OH is 8. The molecule has 14 nitrogen and oxygen atoms in total. The first-order chi connectivity index (χ1) is 35.6. The molecule has 12 unspecified atom stereocenters. The summed E-state index contributed by atoms with van der Waals surface area (Å²) in [6.07, 6.45) is 36.9. The minimum Gasteiger partial charge on any atom is -0.394 e. The number of hydrogen-bond acceptors (Lipinski definition) is 13. The zero-order valence-corrected chi connectivity index (χ0v) is 46.4. The van der Waals surface area contributed by atoms with Gasteiger partial charge in [-0.3, -0.25) is 4.79 Å². The first-order valence-corrected chi connectivity index (χ1v) is 30.4. The first kappa shape index (κ1) is 67.8. The average Bonchev–Trinajstić information content (AvgIpc) is 3.39. The number of aliphatic hydroxyl groups is 8. The second kappa shape index (κ2) is 45.7. The summed E-state index contributed by atoms with van der Waals surface area (Å²) in [7, 11) is 0. The summed E-state index contributed by atoms with van der Waals surface area (Å²) in [4.78, 5) is 13.1. The molecule has 73 heavy (non-hydrogen) atoms. The van der Waals surface area contributed by atoms with E-state index >= 15 is 0 Å². The van der Waals surface area contributed by atoms with Crippen LogP contribution in [-0.2, 0) is 23.7 Å². The van der Waals surface area contributed by atoms with Crippen molar-refractivity contribution in [2.24, 2.45) is 0 Å². The molecule has 0 spiro atoms. The van der Waals surface area contributed by atoms with Crippen LogP contribution in [0.15, 0.2) is 12.2 Å². The van der Waals surface area contributed by atoms with Gasteiger partial charge in [0.05, 0.1) is 32.0 Å². The van der Waals surface area contributed by atoms with Crippen LogP contribution in [0.1, 0.15) is 264 Å². The van der Waals surface area contributed by atoms with Crippen molar-refractivity contribution in [2.45, 2.75) is 338 Å². The van der Waals surface area contributed by atoms with Crippen molar-refractivity contribution in [2.75, 3.05) is 19.8 Å². The van der Waals surface area contributed by atoms with Gasteiger partial charge in [-0.15, -0.1) is 0 Å². The Hall–Kier alpha value is -1.27. The van der Waals surface area contributed by atoms with Crippen molar-refractivity contribution < 1.29 is 64.6 Å². The zero-order chi connectivity index (χ0) is 53.2. The molecule has 0 aromatic rings. The van der Waals surface area contributed by atoms with E-state index in [1.807, 2.05) is 6.08 Å². The molecule has 432 valence electrons. The summed E-state index contributed by atoms with van der Waals surface area (Å²) < 4.78 is 22.6. The molecule has 2 saturated heterocycles. The smallest absolute Gasteiger partial charge is 0.220 e. The Morgan fingerprint density at radius 2 is 0.849 bits per heavy atom. The summed E-state index contributed by atoms with van der Waals surface area (Å²) in [5, 5.41) is 86.2. The highest BCUT2D eigenvalue weighted by atomic mass is 16.7. The maximum Gasteiger partial charge on any atom is 0.220 e. The molecule has 2 aliphatic rings. The van der Waals surface area contributed by atoms with Crippen LogP contribution in [0.2, 0.25) is 0 Å². The fourth-order valence-electron chi connectivity index (χ4n) is 10.3. The number of amides is 1. The van der Waals surface area contributed by atoms with Crippen LogP contribution in [0, 0.1) is 0 Å². The molecule has 0 aliphatic carbocycles. The monoisotopic (exact) mass is 1040 g/mol. The maximum atomic E-state index is 13.1. The van der Waals surface area contributed by atoms with E-state index in [2.05, 4.69) is 19.2 Å². The molecule has 0 bridgehead atoms.